The molecule has 4 heterocycles. The van der Waals surface area contributed by atoms with E-state index in [2.05, 4.69) is 0 Å². The molecule has 3 saturated heterocycles. The summed E-state index contributed by atoms with van der Waals surface area (Å²) in [6, 6.07) is 0. The van der Waals surface area contributed by atoms with Gasteiger partial charge in [-0.25, -0.2) is 4.79 Å². The van der Waals surface area contributed by atoms with E-state index in [1.807, 2.05) is 4.98 Å². The van der Waals surface area contributed by atoms with Gasteiger partial charge in [0, 0.05) is 27.7 Å². The summed E-state index contributed by atoms with van der Waals surface area (Å²) in [5.41, 5.74) is -2.18. The second-order valence-electron chi connectivity index (χ2n) is 10.7. The van der Waals surface area contributed by atoms with Crippen LogP contribution in [0, 0.1) is 5.82 Å². The number of carbonyl (C=O) groups is 4. The topological polar surface area (TPSA) is 206 Å². The lowest BCUT2D eigenvalue weighted by molar-refractivity contribution is -0.313. The number of H-pyrrole nitrogens is 1. The van der Waals surface area contributed by atoms with Crippen molar-refractivity contribution in [1.82, 2.24) is 9.55 Å². The summed E-state index contributed by atoms with van der Waals surface area (Å²) in [7, 11) is 0. The normalized spacial score (nSPS) is 32.4. The molecule has 1 aromatic heterocycles. The third-order valence-corrected chi connectivity index (χ3v) is 6.70. The summed E-state index contributed by atoms with van der Waals surface area (Å²) < 4.78 is 65.8. The minimum Gasteiger partial charge on any atom is -0.463 e. The Morgan fingerprint density at radius 1 is 0.841 bits per heavy atom. The van der Waals surface area contributed by atoms with Crippen molar-refractivity contribution < 1.29 is 66.2 Å². The van der Waals surface area contributed by atoms with Gasteiger partial charge in [0.15, 0.2) is 36.6 Å². The number of aromatic nitrogens is 2. The summed E-state index contributed by atoms with van der Waals surface area (Å²) in [5, 5.41) is 0. The lowest BCUT2D eigenvalue weighted by Gasteiger charge is -2.44. The fourth-order valence-corrected chi connectivity index (χ4v) is 5.18. The van der Waals surface area contributed by atoms with E-state index in [1.54, 1.807) is 13.8 Å². The third kappa shape index (κ3) is 7.49. The average molecular weight is 633 g/mol. The predicted octanol–water partition coefficient (Wildman–Crippen LogP) is -0.807. The third-order valence-electron chi connectivity index (χ3n) is 6.70. The van der Waals surface area contributed by atoms with Crippen LogP contribution in [0.5, 0.6) is 0 Å². The van der Waals surface area contributed by atoms with Gasteiger partial charge in [-0.05, 0) is 13.8 Å². The predicted molar refractivity (Wildman–Crippen MR) is 137 cm³/mol. The van der Waals surface area contributed by atoms with E-state index >= 15 is 0 Å². The number of halogens is 1. The van der Waals surface area contributed by atoms with Crippen molar-refractivity contribution in [2.45, 2.75) is 103 Å². The van der Waals surface area contributed by atoms with Crippen LogP contribution in [0.1, 0.15) is 47.8 Å². The Morgan fingerprint density at radius 3 is 2.05 bits per heavy atom. The SMILES string of the molecule is CC(=O)OC[C@H]1O[C@@H](OC[C@H]2O[C@@H](n3cc(F)c(=O)[nH]c3=O)[C@@H]3OC(C)(C)O[C@@H]32)[C@H](OC(C)=O)[C@@H](OC(C)=O)[C@H]1OC(C)=O. The van der Waals surface area contributed by atoms with Gasteiger partial charge in [0.25, 0.3) is 5.56 Å². The molecule has 3 aliphatic heterocycles. The zero-order valence-corrected chi connectivity index (χ0v) is 24.6. The minimum atomic E-state index is -1.51. The Labute approximate surface area is 248 Å². The number of ether oxygens (including phenoxy) is 9. The molecule has 4 rings (SSSR count). The fourth-order valence-electron chi connectivity index (χ4n) is 5.18. The fraction of sp³-hybridized carbons (Fsp3) is 0.692. The van der Waals surface area contributed by atoms with Crippen LogP contribution >= 0.6 is 0 Å². The molecule has 1 N–H and O–H groups in total. The molecule has 0 bridgehead atoms. The molecule has 244 valence electrons. The summed E-state index contributed by atoms with van der Waals surface area (Å²) in [6.45, 7) is 6.75. The van der Waals surface area contributed by atoms with E-state index in [0.29, 0.717) is 6.20 Å². The number of nitrogens with one attached hydrogen (secondary N) is 1. The van der Waals surface area contributed by atoms with Crippen molar-refractivity contribution in [1.29, 1.82) is 0 Å². The molecule has 1 aromatic rings. The first-order valence-corrected chi connectivity index (χ1v) is 13.5. The van der Waals surface area contributed by atoms with Crippen LogP contribution in [-0.2, 0) is 61.8 Å². The van der Waals surface area contributed by atoms with Crippen LogP contribution in [0.4, 0.5) is 4.39 Å². The molecule has 3 aliphatic rings. The summed E-state index contributed by atoms with van der Waals surface area (Å²) in [5.74, 6) is -5.52. The lowest BCUT2D eigenvalue weighted by atomic mass is 9.98. The number of hydrogen-bond donors (Lipinski definition) is 1. The zero-order valence-electron chi connectivity index (χ0n) is 24.6. The van der Waals surface area contributed by atoms with Crippen LogP contribution in [0.25, 0.3) is 0 Å². The van der Waals surface area contributed by atoms with E-state index in [4.69, 9.17) is 42.6 Å². The van der Waals surface area contributed by atoms with E-state index in [1.165, 1.54) is 0 Å². The van der Waals surface area contributed by atoms with Gasteiger partial charge in [0.1, 0.15) is 31.0 Å². The van der Waals surface area contributed by atoms with E-state index < -0.39 is 109 Å². The molecule has 0 amide bonds. The van der Waals surface area contributed by atoms with E-state index in [9.17, 15) is 33.2 Å². The maximum absolute atomic E-state index is 14.1. The number of esters is 4. The van der Waals surface area contributed by atoms with E-state index in [-0.39, 0.29) is 6.61 Å². The van der Waals surface area contributed by atoms with Gasteiger partial charge in [-0.15, -0.1) is 0 Å². The Kier molecular flexibility index (Phi) is 9.89. The lowest BCUT2D eigenvalue weighted by Crippen LogP contribution is -2.63. The highest BCUT2D eigenvalue weighted by Crippen LogP contribution is 2.43. The molecular formula is C26H33FN2O15. The monoisotopic (exact) mass is 632 g/mol. The van der Waals surface area contributed by atoms with Crippen LogP contribution in [0.15, 0.2) is 15.8 Å². The van der Waals surface area contributed by atoms with Crippen molar-refractivity contribution in [2.75, 3.05) is 13.2 Å². The average Bonchev–Trinajstić information content (AvgIpc) is 3.38. The van der Waals surface area contributed by atoms with Gasteiger partial charge in [0.05, 0.1) is 12.8 Å². The van der Waals surface area contributed by atoms with Crippen LogP contribution in [-0.4, -0.2) is 101 Å². The summed E-state index contributed by atoms with van der Waals surface area (Å²) >= 11 is 0. The van der Waals surface area contributed by atoms with Crippen molar-refractivity contribution in [2.24, 2.45) is 0 Å². The van der Waals surface area contributed by atoms with Crippen molar-refractivity contribution in [3.8, 4) is 0 Å². The first-order valence-electron chi connectivity index (χ1n) is 13.5. The molecular weight excluding hydrogens is 599 g/mol. The van der Waals surface area contributed by atoms with Crippen LogP contribution in [0.3, 0.4) is 0 Å². The molecule has 0 saturated carbocycles. The highest BCUT2D eigenvalue weighted by molar-refractivity contribution is 5.68. The number of hydrogen-bond acceptors (Lipinski definition) is 15. The Hall–Kier alpha value is -3.71. The molecule has 44 heavy (non-hydrogen) atoms. The van der Waals surface area contributed by atoms with Gasteiger partial charge in [-0.1, -0.05) is 0 Å². The molecule has 0 spiro atoms. The summed E-state index contributed by atoms with van der Waals surface area (Å²) in [6.07, 6.45) is -10.5. The molecule has 0 unspecified atom stereocenters. The maximum Gasteiger partial charge on any atom is 0.330 e. The Balaban J connectivity index is 1.63. The Morgan fingerprint density at radius 2 is 1.43 bits per heavy atom. The second kappa shape index (κ2) is 13.1. The van der Waals surface area contributed by atoms with Crippen molar-refractivity contribution in [3.63, 3.8) is 0 Å². The van der Waals surface area contributed by atoms with Gasteiger partial charge in [-0.3, -0.25) is 33.5 Å². The van der Waals surface area contributed by atoms with E-state index in [0.717, 1.165) is 32.3 Å². The van der Waals surface area contributed by atoms with Gasteiger partial charge < -0.3 is 42.6 Å². The number of fused-ring (bicyclic) bond motifs is 1. The summed E-state index contributed by atoms with van der Waals surface area (Å²) in [4.78, 5) is 73.6. The number of carbonyl (C=O) groups excluding carboxylic acids is 4. The maximum atomic E-state index is 14.1. The first-order chi connectivity index (χ1) is 20.6. The molecule has 3 fully saturated rings. The molecule has 9 atom stereocenters. The molecule has 0 radical (unpaired) electrons. The highest BCUT2D eigenvalue weighted by Gasteiger charge is 2.58. The van der Waals surface area contributed by atoms with Gasteiger partial charge in [-0.2, -0.15) is 4.39 Å². The van der Waals surface area contributed by atoms with Crippen molar-refractivity contribution in [3.05, 3.63) is 32.9 Å². The second-order valence-corrected chi connectivity index (χ2v) is 10.7. The standard InChI is InChI=1S/C26H33FN2O15/c1-10(30)36-8-15-17(38-11(2)31)19(39-12(3)32)21(40-13(4)33)24(42-15)37-9-16-18-20(44-26(5,6)43-18)23(41-16)29-7-14(27)22(34)28-25(29)35/h7,15-21,23-24H,8-9H2,1-6H3,(H,28,34,35)/t15-,16-,17+,18-,19+,20-,21-,23-,24-/m1/s1. The largest absolute Gasteiger partial charge is 0.463 e. The number of nitrogens with zero attached hydrogens (tertiary/aromatic N) is 1. The highest BCUT2D eigenvalue weighted by atomic mass is 19.1. The molecule has 0 aromatic carbocycles. The molecule has 18 heteroatoms. The minimum absolute atomic E-state index is 0.383. The zero-order chi connectivity index (χ0) is 32.5. The first kappa shape index (κ1) is 33.2. The van der Waals surface area contributed by atoms with Gasteiger partial charge >= 0.3 is 29.6 Å². The Bertz CT molecular complexity index is 1390. The quantitative estimate of drug-likeness (QED) is 0.261. The number of rotatable bonds is 9. The van der Waals surface area contributed by atoms with Crippen LogP contribution in [0.2, 0.25) is 0 Å². The molecule has 0 aliphatic carbocycles. The molecule has 17 nitrogen and oxygen atoms in total. The van der Waals surface area contributed by atoms with Crippen molar-refractivity contribution >= 4 is 23.9 Å². The van der Waals surface area contributed by atoms with Crippen LogP contribution < -0.4 is 11.2 Å². The number of aromatic amines is 1. The van der Waals surface area contributed by atoms with Gasteiger partial charge in [0.2, 0.25) is 5.82 Å². The smallest absolute Gasteiger partial charge is 0.330 e.